The van der Waals surface area contributed by atoms with Gasteiger partial charge in [-0.15, -0.1) is 24.0 Å². The molecule has 1 aromatic heterocycles. The summed E-state index contributed by atoms with van der Waals surface area (Å²) in [6.07, 6.45) is 2.73. The number of hydrogen-bond acceptors (Lipinski definition) is 4. The molecule has 0 spiro atoms. The maximum atomic E-state index is 11.9. The number of carbonyl (C=O) groups is 1. The summed E-state index contributed by atoms with van der Waals surface area (Å²) in [6.45, 7) is 5.93. The van der Waals surface area contributed by atoms with Crippen LogP contribution in [-0.2, 0) is 4.79 Å². The Balaban J connectivity index is 0.00000312. The molecular formula is C17H28IN5O2. The summed E-state index contributed by atoms with van der Waals surface area (Å²) in [4.78, 5) is 22.6. The second-order valence-corrected chi connectivity index (χ2v) is 6.51. The average Bonchev–Trinajstić information content (AvgIpc) is 3.03. The Morgan fingerprint density at radius 2 is 2.24 bits per heavy atom. The Morgan fingerprint density at radius 1 is 1.48 bits per heavy atom. The highest BCUT2D eigenvalue weighted by molar-refractivity contribution is 14.0. The number of aliphatic imine (C=N–C) groups is 1. The number of aromatic nitrogens is 1. The van der Waals surface area contributed by atoms with Crippen molar-refractivity contribution in [3.8, 4) is 5.88 Å². The van der Waals surface area contributed by atoms with Gasteiger partial charge in [0.1, 0.15) is 6.10 Å². The molecule has 0 saturated carbocycles. The molecule has 140 valence electrons. The third kappa shape index (κ3) is 6.02. The van der Waals surface area contributed by atoms with Crippen molar-refractivity contribution in [1.29, 1.82) is 0 Å². The number of likely N-dealkylation sites (tertiary alicyclic amines) is 1. The van der Waals surface area contributed by atoms with E-state index in [1.165, 1.54) is 0 Å². The van der Waals surface area contributed by atoms with Crippen LogP contribution in [0.5, 0.6) is 5.88 Å². The van der Waals surface area contributed by atoms with Crippen LogP contribution in [0.1, 0.15) is 20.3 Å². The van der Waals surface area contributed by atoms with Gasteiger partial charge >= 0.3 is 0 Å². The monoisotopic (exact) mass is 461 g/mol. The van der Waals surface area contributed by atoms with Gasteiger partial charge in [-0.3, -0.25) is 9.79 Å². The zero-order valence-electron chi connectivity index (χ0n) is 15.3. The first-order valence-corrected chi connectivity index (χ1v) is 8.21. The molecular weight excluding hydrogens is 433 g/mol. The normalized spacial score (nSPS) is 17.7. The van der Waals surface area contributed by atoms with E-state index in [-0.39, 0.29) is 36.0 Å². The number of nitrogens with one attached hydrogen (secondary N) is 2. The van der Waals surface area contributed by atoms with Crippen LogP contribution in [0, 0.1) is 5.41 Å². The van der Waals surface area contributed by atoms with Crippen LogP contribution in [0.15, 0.2) is 29.4 Å². The summed E-state index contributed by atoms with van der Waals surface area (Å²) in [6, 6.07) is 5.64. The second-order valence-electron chi connectivity index (χ2n) is 6.51. The third-order valence-corrected chi connectivity index (χ3v) is 4.11. The van der Waals surface area contributed by atoms with Crippen LogP contribution in [0.2, 0.25) is 0 Å². The number of rotatable bonds is 5. The van der Waals surface area contributed by atoms with Gasteiger partial charge in [-0.1, -0.05) is 6.07 Å². The highest BCUT2D eigenvalue weighted by Crippen LogP contribution is 2.17. The standard InChI is InChI=1S/C17H27N5O2.HI/c1-17(2,15(23)18-3)12-21-16(19-4)22-10-8-13(11-22)24-14-7-5-6-9-20-14;/h5-7,9,13H,8,10-12H2,1-4H3,(H,18,23)(H,19,21);1H. The molecule has 0 radical (unpaired) electrons. The molecule has 25 heavy (non-hydrogen) atoms. The quantitative estimate of drug-likeness (QED) is 0.395. The maximum Gasteiger partial charge on any atom is 0.227 e. The maximum absolute atomic E-state index is 11.9. The second kappa shape index (κ2) is 9.79. The smallest absolute Gasteiger partial charge is 0.227 e. The van der Waals surface area contributed by atoms with Gasteiger partial charge in [0, 0.05) is 45.9 Å². The summed E-state index contributed by atoms with van der Waals surface area (Å²) >= 11 is 0. The fraction of sp³-hybridized carbons (Fsp3) is 0.588. The Kier molecular flexibility index (Phi) is 8.40. The Bertz CT molecular complexity index is 580. The van der Waals surface area contributed by atoms with Crippen LogP contribution < -0.4 is 15.4 Å². The van der Waals surface area contributed by atoms with Crippen molar-refractivity contribution in [2.75, 3.05) is 33.7 Å². The van der Waals surface area contributed by atoms with Crippen LogP contribution in [0.25, 0.3) is 0 Å². The molecule has 0 aromatic carbocycles. The van der Waals surface area contributed by atoms with Gasteiger partial charge in [0.25, 0.3) is 0 Å². The molecule has 2 rings (SSSR count). The lowest BCUT2D eigenvalue weighted by Crippen LogP contribution is -2.48. The molecule has 1 aliphatic heterocycles. The molecule has 1 unspecified atom stereocenters. The largest absolute Gasteiger partial charge is 0.472 e. The first-order chi connectivity index (χ1) is 11.5. The van der Waals surface area contributed by atoms with E-state index in [9.17, 15) is 4.79 Å². The molecule has 8 heteroatoms. The van der Waals surface area contributed by atoms with Crippen molar-refractivity contribution < 1.29 is 9.53 Å². The van der Waals surface area contributed by atoms with Gasteiger partial charge in [0.15, 0.2) is 5.96 Å². The minimum absolute atomic E-state index is 0. The molecule has 0 bridgehead atoms. The molecule has 1 aromatic rings. The SMILES string of the molecule is CN=C(NCC(C)(C)C(=O)NC)N1CCC(Oc2ccccn2)C1.I. The van der Waals surface area contributed by atoms with Gasteiger partial charge in [-0.25, -0.2) is 4.98 Å². The highest BCUT2D eigenvalue weighted by atomic mass is 127. The van der Waals surface area contributed by atoms with Gasteiger partial charge in [0.2, 0.25) is 11.8 Å². The molecule has 1 amide bonds. The predicted molar refractivity (Wildman–Crippen MR) is 109 cm³/mol. The van der Waals surface area contributed by atoms with E-state index in [0.717, 1.165) is 25.5 Å². The fourth-order valence-electron chi connectivity index (χ4n) is 2.66. The van der Waals surface area contributed by atoms with Crippen LogP contribution >= 0.6 is 24.0 Å². The van der Waals surface area contributed by atoms with E-state index in [1.54, 1.807) is 20.3 Å². The van der Waals surface area contributed by atoms with E-state index in [2.05, 4.69) is 25.5 Å². The van der Waals surface area contributed by atoms with E-state index >= 15 is 0 Å². The molecule has 1 aliphatic rings. The number of nitrogens with zero attached hydrogens (tertiary/aromatic N) is 3. The fourth-order valence-corrected chi connectivity index (χ4v) is 2.66. The number of halogens is 1. The summed E-state index contributed by atoms with van der Waals surface area (Å²) in [7, 11) is 3.40. The van der Waals surface area contributed by atoms with E-state index < -0.39 is 5.41 Å². The van der Waals surface area contributed by atoms with Crippen LogP contribution in [0.3, 0.4) is 0 Å². The van der Waals surface area contributed by atoms with Crippen molar-refractivity contribution >= 4 is 35.8 Å². The van der Waals surface area contributed by atoms with Gasteiger partial charge in [-0.2, -0.15) is 0 Å². The van der Waals surface area contributed by atoms with Crippen LogP contribution in [0.4, 0.5) is 0 Å². The lowest BCUT2D eigenvalue weighted by molar-refractivity contribution is -0.128. The zero-order valence-corrected chi connectivity index (χ0v) is 17.6. The Morgan fingerprint density at radius 3 is 2.84 bits per heavy atom. The Labute approximate surface area is 166 Å². The first kappa shape index (κ1) is 21.5. The molecule has 1 saturated heterocycles. The number of carbonyl (C=O) groups excluding carboxylic acids is 1. The third-order valence-electron chi connectivity index (χ3n) is 4.11. The van der Waals surface area contributed by atoms with E-state index in [1.807, 2.05) is 32.0 Å². The summed E-state index contributed by atoms with van der Waals surface area (Å²) in [5.41, 5.74) is -0.506. The summed E-state index contributed by atoms with van der Waals surface area (Å²) in [5.74, 6) is 1.44. The molecule has 1 fully saturated rings. The minimum atomic E-state index is -0.506. The molecule has 1 atom stereocenters. The van der Waals surface area contributed by atoms with E-state index in [0.29, 0.717) is 12.4 Å². The lowest BCUT2D eigenvalue weighted by Gasteiger charge is -2.27. The van der Waals surface area contributed by atoms with Crippen molar-refractivity contribution in [3.05, 3.63) is 24.4 Å². The molecule has 2 heterocycles. The average molecular weight is 461 g/mol. The first-order valence-electron chi connectivity index (χ1n) is 8.21. The van der Waals surface area contributed by atoms with Gasteiger partial charge in [-0.05, 0) is 19.9 Å². The van der Waals surface area contributed by atoms with Crippen molar-refractivity contribution in [2.45, 2.75) is 26.4 Å². The van der Waals surface area contributed by atoms with Gasteiger partial charge in [0.05, 0.1) is 12.0 Å². The number of amides is 1. The summed E-state index contributed by atoms with van der Waals surface area (Å²) < 4.78 is 5.90. The molecule has 2 N–H and O–H groups in total. The predicted octanol–water partition coefficient (Wildman–Crippen LogP) is 1.50. The number of hydrogen-bond donors (Lipinski definition) is 2. The minimum Gasteiger partial charge on any atom is -0.472 e. The molecule has 7 nitrogen and oxygen atoms in total. The topological polar surface area (TPSA) is 78.9 Å². The summed E-state index contributed by atoms with van der Waals surface area (Å²) in [5, 5.41) is 5.99. The number of ether oxygens (including phenoxy) is 1. The van der Waals surface area contributed by atoms with Crippen molar-refractivity contribution in [2.24, 2.45) is 10.4 Å². The molecule has 0 aliphatic carbocycles. The number of guanidine groups is 1. The van der Waals surface area contributed by atoms with Crippen molar-refractivity contribution in [1.82, 2.24) is 20.5 Å². The van der Waals surface area contributed by atoms with Crippen LogP contribution in [-0.4, -0.2) is 61.6 Å². The van der Waals surface area contributed by atoms with E-state index in [4.69, 9.17) is 4.74 Å². The van der Waals surface area contributed by atoms with Gasteiger partial charge < -0.3 is 20.3 Å². The Hall–Kier alpha value is -1.58. The van der Waals surface area contributed by atoms with Crippen molar-refractivity contribution in [3.63, 3.8) is 0 Å². The lowest BCUT2D eigenvalue weighted by atomic mass is 9.92. The highest BCUT2D eigenvalue weighted by Gasteiger charge is 2.30. The number of pyridine rings is 1. The zero-order chi connectivity index (χ0) is 17.6.